The van der Waals surface area contributed by atoms with Crippen molar-refractivity contribution in [3.05, 3.63) is 0 Å². The van der Waals surface area contributed by atoms with Crippen LogP contribution in [0.5, 0.6) is 0 Å². The van der Waals surface area contributed by atoms with E-state index in [2.05, 4.69) is 0 Å². The predicted molar refractivity (Wildman–Crippen MR) is 58.8 cm³/mol. The average molecular weight is 216 g/mol. The second-order valence-corrected chi connectivity index (χ2v) is 4.75. The molecular weight excluding hydrogens is 195 g/mol. The maximum atomic E-state index is 5.76. The van der Waals surface area contributed by atoms with E-state index < -0.39 is 0 Å². The van der Waals surface area contributed by atoms with E-state index in [0.29, 0.717) is 19.7 Å². The SMILES string of the molecule is COCCOCB1OC(C)(C)C(C)(C)O1. The van der Waals surface area contributed by atoms with Crippen molar-refractivity contribution in [3.63, 3.8) is 0 Å². The fourth-order valence-corrected chi connectivity index (χ4v) is 1.35. The molecule has 0 atom stereocenters. The van der Waals surface area contributed by atoms with Crippen LogP contribution in [0.3, 0.4) is 0 Å². The summed E-state index contributed by atoms with van der Waals surface area (Å²) in [5, 5.41) is 0. The molecule has 0 unspecified atom stereocenters. The highest BCUT2D eigenvalue weighted by Gasteiger charge is 2.50. The van der Waals surface area contributed by atoms with Gasteiger partial charge in [0.15, 0.2) is 0 Å². The van der Waals surface area contributed by atoms with Gasteiger partial charge in [0.25, 0.3) is 0 Å². The lowest BCUT2D eigenvalue weighted by atomic mass is 9.90. The molecule has 15 heavy (non-hydrogen) atoms. The van der Waals surface area contributed by atoms with E-state index in [1.807, 2.05) is 27.7 Å². The summed E-state index contributed by atoms with van der Waals surface area (Å²) in [6, 6.07) is 0. The minimum absolute atomic E-state index is 0.271. The van der Waals surface area contributed by atoms with Gasteiger partial charge in [0.1, 0.15) is 0 Å². The van der Waals surface area contributed by atoms with Crippen LogP contribution >= 0.6 is 0 Å². The number of ether oxygens (including phenoxy) is 2. The quantitative estimate of drug-likeness (QED) is 0.512. The molecule has 1 aliphatic heterocycles. The van der Waals surface area contributed by atoms with Crippen molar-refractivity contribution in [2.45, 2.75) is 38.9 Å². The van der Waals surface area contributed by atoms with Crippen LogP contribution in [-0.2, 0) is 18.8 Å². The smallest absolute Gasteiger partial charge is 0.402 e. The van der Waals surface area contributed by atoms with Crippen molar-refractivity contribution in [1.82, 2.24) is 0 Å². The van der Waals surface area contributed by atoms with E-state index in [-0.39, 0.29) is 18.3 Å². The summed E-state index contributed by atoms with van der Waals surface area (Å²) >= 11 is 0. The Labute approximate surface area is 92.4 Å². The molecule has 1 saturated heterocycles. The maximum absolute atomic E-state index is 5.76. The first-order valence-electron chi connectivity index (χ1n) is 5.31. The topological polar surface area (TPSA) is 36.9 Å². The third-order valence-corrected chi connectivity index (χ3v) is 2.99. The van der Waals surface area contributed by atoms with Gasteiger partial charge >= 0.3 is 7.12 Å². The Balaban J connectivity index is 2.30. The summed E-state index contributed by atoms with van der Waals surface area (Å²) in [6.45, 7) is 9.74. The second kappa shape index (κ2) is 4.83. The minimum atomic E-state index is -0.276. The van der Waals surface area contributed by atoms with Crippen molar-refractivity contribution < 1.29 is 18.8 Å². The Morgan fingerprint density at radius 3 is 2.00 bits per heavy atom. The van der Waals surface area contributed by atoms with Gasteiger partial charge in [0.05, 0.1) is 30.9 Å². The van der Waals surface area contributed by atoms with Crippen LogP contribution in [-0.4, -0.2) is 45.2 Å². The molecule has 88 valence electrons. The molecule has 0 aromatic carbocycles. The molecule has 0 aromatic rings. The van der Waals surface area contributed by atoms with Gasteiger partial charge in [-0.1, -0.05) is 0 Å². The number of methoxy groups -OCH3 is 1. The average Bonchev–Trinajstić information content (AvgIpc) is 2.30. The Morgan fingerprint density at radius 1 is 1.00 bits per heavy atom. The van der Waals surface area contributed by atoms with Crippen LogP contribution in [0.1, 0.15) is 27.7 Å². The first-order chi connectivity index (χ1) is 6.89. The zero-order valence-electron chi connectivity index (χ0n) is 10.3. The number of rotatable bonds is 5. The largest absolute Gasteiger partial charge is 0.485 e. The molecule has 0 N–H and O–H groups in total. The molecule has 0 aromatic heterocycles. The van der Waals surface area contributed by atoms with Gasteiger partial charge in [-0.25, -0.2) is 0 Å². The normalized spacial score (nSPS) is 23.4. The summed E-state index contributed by atoms with van der Waals surface area (Å²) in [7, 11) is 1.38. The molecule has 0 spiro atoms. The summed E-state index contributed by atoms with van der Waals surface area (Å²) < 4.78 is 21.8. The predicted octanol–water partition coefficient (Wildman–Crippen LogP) is 1.28. The Hall–Kier alpha value is -0.0951. The summed E-state index contributed by atoms with van der Waals surface area (Å²) in [6.07, 6.45) is 0. The van der Waals surface area contributed by atoms with Gasteiger partial charge in [-0.3, -0.25) is 0 Å². The molecule has 0 bridgehead atoms. The third-order valence-electron chi connectivity index (χ3n) is 2.99. The highest BCUT2D eigenvalue weighted by Crippen LogP contribution is 2.36. The minimum Gasteiger partial charge on any atom is -0.402 e. The van der Waals surface area contributed by atoms with E-state index in [4.69, 9.17) is 18.8 Å². The van der Waals surface area contributed by atoms with Crippen LogP contribution in [0.15, 0.2) is 0 Å². The van der Waals surface area contributed by atoms with Gasteiger partial charge in [-0.15, -0.1) is 0 Å². The molecule has 1 aliphatic rings. The van der Waals surface area contributed by atoms with Gasteiger partial charge < -0.3 is 18.8 Å². The van der Waals surface area contributed by atoms with Crippen LogP contribution in [0.25, 0.3) is 0 Å². The van der Waals surface area contributed by atoms with Gasteiger partial charge in [-0.2, -0.15) is 0 Å². The summed E-state index contributed by atoms with van der Waals surface area (Å²) in [4.78, 5) is 0. The molecule has 1 fully saturated rings. The Bertz CT molecular complexity index is 190. The van der Waals surface area contributed by atoms with Crippen LogP contribution < -0.4 is 0 Å². The van der Waals surface area contributed by atoms with Crippen molar-refractivity contribution >= 4 is 7.12 Å². The fraction of sp³-hybridized carbons (Fsp3) is 1.00. The second-order valence-electron chi connectivity index (χ2n) is 4.75. The molecule has 0 aliphatic carbocycles. The van der Waals surface area contributed by atoms with E-state index in [0.717, 1.165) is 0 Å². The lowest BCUT2D eigenvalue weighted by Gasteiger charge is -2.32. The zero-order chi connectivity index (χ0) is 11.5. The van der Waals surface area contributed by atoms with Crippen molar-refractivity contribution in [3.8, 4) is 0 Å². The molecular formula is C10H21BO4. The van der Waals surface area contributed by atoms with Gasteiger partial charge in [0.2, 0.25) is 0 Å². The van der Waals surface area contributed by atoms with E-state index >= 15 is 0 Å². The Kier molecular flexibility index (Phi) is 4.17. The first-order valence-corrected chi connectivity index (χ1v) is 5.31. The van der Waals surface area contributed by atoms with Crippen LogP contribution in [0.4, 0.5) is 0 Å². The van der Waals surface area contributed by atoms with Crippen LogP contribution in [0.2, 0.25) is 0 Å². The zero-order valence-corrected chi connectivity index (χ0v) is 10.3. The molecule has 0 saturated carbocycles. The number of hydrogen-bond acceptors (Lipinski definition) is 4. The van der Waals surface area contributed by atoms with Crippen molar-refractivity contribution in [2.24, 2.45) is 0 Å². The van der Waals surface area contributed by atoms with E-state index in [1.54, 1.807) is 7.11 Å². The van der Waals surface area contributed by atoms with Gasteiger partial charge in [0, 0.05) is 7.11 Å². The molecule has 0 amide bonds. The molecule has 1 heterocycles. The molecule has 0 radical (unpaired) electrons. The maximum Gasteiger partial charge on any atom is 0.485 e. The fourth-order valence-electron chi connectivity index (χ4n) is 1.35. The lowest BCUT2D eigenvalue weighted by molar-refractivity contribution is 0.00578. The first kappa shape index (κ1) is 13.0. The summed E-state index contributed by atoms with van der Waals surface area (Å²) in [5.41, 5.74) is -0.551. The Morgan fingerprint density at radius 2 is 1.53 bits per heavy atom. The lowest BCUT2D eigenvalue weighted by Crippen LogP contribution is -2.41. The molecule has 4 nitrogen and oxygen atoms in total. The summed E-state index contributed by atoms with van der Waals surface area (Å²) in [5.74, 6) is 0. The van der Waals surface area contributed by atoms with Crippen molar-refractivity contribution in [2.75, 3.05) is 26.8 Å². The monoisotopic (exact) mass is 216 g/mol. The third kappa shape index (κ3) is 3.18. The van der Waals surface area contributed by atoms with Crippen LogP contribution in [0, 0.1) is 0 Å². The molecule has 1 rings (SSSR count). The standard InChI is InChI=1S/C10H21BO4/c1-9(2)10(3,4)15-11(14-9)8-13-7-6-12-5/h6-8H2,1-5H3. The molecule has 5 heteroatoms. The highest BCUT2D eigenvalue weighted by molar-refractivity contribution is 6.45. The highest BCUT2D eigenvalue weighted by atomic mass is 16.7. The van der Waals surface area contributed by atoms with Gasteiger partial charge in [-0.05, 0) is 27.7 Å². The van der Waals surface area contributed by atoms with E-state index in [9.17, 15) is 0 Å². The van der Waals surface area contributed by atoms with Crippen molar-refractivity contribution in [1.29, 1.82) is 0 Å². The van der Waals surface area contributed by atoms with E-state index in [1.165, 1.54) is 0 Å². The number of hydrogen-bond donors (Lipinski definition) is 0.